The molecule has 3 N–H and O–H groups in total. The predicted octanol–water partition coefficient (Wildman–Crippen LogP) is 2.47. The number of benzene rings is 1. The Kier molecular flexibility index (Phi) is 4.49. The van der Waals surface area contributed by atoms with Crippen molar-refractivity contribution in [3.8, 4) is 6.07 Å². The lowest BCUT2D eigenvalue weighted by Gasteiger charge is -2.20. The molecule has 0 amide bonds. The maximum absolute atomic E-state index is 12.0. The molecule has 0 aromatic heterocycles. The summed E-state index contributed by atoms with van der Waals surface area (Å²) in [6.45, 7) is 6.18. The molecular formula is C13H16BrN3O. The van der Waals surface area contributed by atoms with Gasteiger partial charge in [-0.2, -0.15) is 5.26 Å². The van der Waals surface area contributed by atoms with E-state index in [2.05, 4.69) is 21.2 Å². The number of nitrogen functional groups attached to an aromatic ring is 1. The highest BCUT2D eigenvalue weighted by Crippen LogP contribution is 2.25. The van der Waals surface area contributed by atoms with Gasteiger partial charge < -0.3 is 11.1 Å². The van der Waals surface area contributed by atoms with Crippen LogP contribution in [0.4, 0.5) is 5.69 Å². The number of carbonyl (C=O) groups is 1. The number of nitrogens with one attached hydrogen (secondary N) is 1. The minimum absolute atomic E-state index is 0.0675. The van der Waals surface area contributed by atoms with Crippen LogP contribution in [0.25, 0.3) is 0 Å². The average molecular weight is 310 g/mol. The summed E-state index contributed by atoms with van der Waals surface area (Å²) in [5.41, 5.74) is 6.73. The predicted molar refractivity (Wildman–Crippen MR) is 75.4 cm³/mol. The van der Waals surface area contributed by atoms with Crippen molar-refractivity contribution in [2.45, 2.75) is 26.3 Å². The van der Waals surface area contributed by atoms with Gasteiger partial charge in [0.2, 0.25) is 0 Å². The summed E-state index contributed by atoms with van der Waals surface area (Å²) in [4.78, 5) is 12.0. The SMILES string of the molecule is CC(C)(C)NCC(=O)c1cc(Br)c(N)c(C#N)c1. The molecule has 0 spiro atoms. The summed E-state index contributed by atoms with van der Waals surface area (Å²) in [6.07, 6.45) is 0. The van der Waals surface area contributed by atoms with Crippen molar-refractivity contribution in [3.05, 3.63) is 27.7 Å². The number of hydrogen-bond donors (Lipinski definition) is 2. The van der Waals surface area contributed by atoms with Crippen molar-refractivity contribution in [2.24, 2.45) is 0 Å². The number of ketones is 1. The lowest BCUT2D eigenvalue weighted by Crippen LogP contribution is -2.39. The van der Waals surface area contributed by atoms with Gasteiger partial charge in [-0.15, -0.1) is 0 Å². The van der Waals surface area contributed by atoms with Crippen molar-refractivity contribution in [2.75, 3.05) is 12.3 Å². The lowest BCUT2D eigenvalue weighted by atomic mass is 10.0. The Morgan fingerprint density at radius 1 is 1.50 bits per heavy atom. The van der Waals surface area contributed by atoms with Gasteiger partial charge in [-0.3, -0.25) is 4.79 Å². The normalized spacial score (nSPS) is 11.1. The molecule has 0 unspecified atom stereocenters. The van der Waals surface area contributed by atoms with Crippen LogP contribution in [0.5, 0.6) is 0 Å². The number of halogens is 1. The van der Waals surface area contributed by atoms with Crippen LogP contribution in [0, 0.1) is 11.3 Å². The minimum atomic E-state index is -0.126. The molecule has 0 saturated carbocycles. The number of hydrogen-bond acceptors (Lipinski definition) is 4. The number of carbonyl (C=O) groups excluding carboxylic acids is 1. The van der Waals surface area contributed by atoms with Crippen molar-refractivity contribution in [3.63, 3.8) is 0 Å². The summed E-state index contributed by atoms with van der Waals surface area (Å²) < 4.78 is 0.570. The van der Waals surface area contributed by atoms with E-state index < -0.39 is 0 Å². The molecule has 0 aliphatic carbocycles. The molecule has 0 aliphatic heterocycles. The van der Waals surface area contributed by atoms with Gasteiger partial charge >= 0.3 is 0 Å². The smallest absolute Gasteiger partial charge is 0.176 e. The van der Waals surface area contributed by atoms with Gasteiger partial charge in [-0.1, -0.05) is 0 Å². The minimum Gasteiger partial charge on any atom is -0.397 e. The molecule has 0 saturated heterocycles. The monoisotopic (exact) mass is 309 g/mol. The maximum Gasteiger partial charge on any atom is 0.176 e. The van der Waals surface area contributed by atoms with E-state index in [-0.39, 0.29) is 17.9 Å². The third kappa shape index (κ3) is 3.83. The molecule has 1 rings (SSSR count). The number of nitriles is 1. The fourth-order valence-electron chi connectivity index (χ4n) is 1.32. The molecule has 0 atom stereocenters. The van der Waals surface area contributed by atoms with E-state index in [1.807, 2.05) is 26.8 Å². The fraction of sp³-hybridized carbons (Fsp3) is 0.385. The largest absolute Gasteiger partial charge is 0.397 e. The number of Topliss-reactive ketones (excluding diaryl/α,β-unsaturated/α-hetero) is 1. The highest BCUT2D eigenvalue weighted by molar-refractivity contribution is 9.10. The topological polar surface area (TPSA) is 78.9 Å². The molecule has 5 heteroatoms. The van der Waals surface area contributed by atoms with Crippen LogP contribution in [0.15, 0.2) is 16.6 Å². The second-order valence-corrected chi connectivity index (χ2v) is 5.91. The van der Waals surface area contributed by atoms with Crippen LogP contribution in [-0.4, -0.2) is 17.9 Å². The molecule has 18 heavy (non-hydrogen) atoms. The van der Waals surface area contributed by atoms with E-state index in [0.29, 0.717) is 21.3 Å². The van der Waals surface area contributed by atoms with E-state index in [0.717, 1.165) is 0 Å². The van der Waals surface area contributed by atoms with E-state index in [1.54, 1.807) is 6.07 Å². The van der Waals surface area contributed by atoms with E-state index in [1.165, 1.54) is 6.07 Å². The summed E-state index contributed by atoms with van der Waals surface area (Å²) in [5.74, 6) is -0.0675. The molecule has 1 aromatic rings. The van der Waals surface area contributed by atoms with E-state index in [4.69, 9.17) is 11.0 Å². The van der Waals surface area contributed by atoms with Crippen molar-refractivity contribution in [1.82, 2.24) is 5.32 Å². The number of nitrogens with two attached hydrogens (primary N) is 1. The standard InChI is InChI=1S/C13H16BrN3O/c1-13(2,3)17-7-11(18)8-4-9(6-15)12(16)10(14)5-8/h4-5,17H,7,16H2,1-3H3. The van der Waals surface area contributed by atoms with Crippen LogP contribution in [0.3, 0.4) is 0 Å². The van der Waals surface area contributed by atoms with Gasteiger partial charge in [0.1, 0.15) is 6.07 Å². The maximum atomic E-state index is 12.0. The fourth-order valence-corrected chi connectivity index (χ4v) is 1.78. The van der Waals surface area contributed by atoms with Gasteiger partial charge in [0, 0.05) is 15.6 Å². The zero-order chi connectivity index (χ0) is 13.9. The van der Waals surface area contributed by atoms with Crippen LogP contribution in [0.2, 0.25) is 0 Å². The van der Waals surface area contributed by atoms with Gasteiger partial charge in [0.15, 0.2) is 5.78 Å². The number of nitrogens with zero attached hydrogens (tertiary/aromatic N) is 1. The Morgan fingerprint density at radius 2 is 2.11 bits per heavy atom. The van der Waals surface area contributed by atoms with Crippen molar-refractivity contribution >= 4 is 27.4 Å². The first-order chi connectivity index (χ1) is 8.24. The lowest BCUT2D eigenvalue weighted by molar-refractivity contribution is 0.0982. The third-order valence-electron chi connectivity index (χ3n) is 2.35. The Bertz CT molecular complexity index is 512. The molecule has 1 aromatic carbocycles. The Balaban J connectivity index is 2.94. The molecule has 4 nitrogen and oxygen atoms in total. The van der Waals surface area contributed by atoms with Crippen molar-refractivity contribution < 1.29 is 4.79 Å². The molecule has 0 aliphatic rings. The van der Waals surface area contributed by atoms with Crippen LogP contribution in [-0.2, 0) is 0 Å². The molecule has 96 valence electrons. The number of rotatable bonds is 3. The van der Waals surface area contributed by atoms with Crippen LogP contribution in [0.1, 0.15) is 36.7 Å². The summed E-state index contributed by atoms with van der Waals surface area (Å²) >= 11 is 3.25. The Morgan fingerprint density at radius 3 is 2.61 bits per heavy atom. The molecule has 0 heterocycles. The van der Waals surface area contributed by atoms with Gasteiger partial charge in [0.25, 0.3) is 0 Å². The second-order valence-electron chi connectivity index (χ2n) is 5.06. The Hall–Kier alpha value is -1.38. The molecule has 0 fully saturated rings. The number of anilines is 1. The third-order valence-corrected chi connectivity index (χ3v) is 3.01. The van der Waals surface area contributed by atoms with Gasteiger partial charge in [-0.25, -0.2) is 0 Å². The van der Waals surface area contributed by atoms with Gasteiger partial charge in [0.05, 0.1) is 17.8 Å². The van der Waals surface area contributed by atoms with E-state index >= 15 is 0 Å². The zero-order valence-electron chi connectivity index (χ0n) is 10.7. The summed E-state index contributed by atoms with van der Waals surface area (Å²) in [6, 6.07) is 5.14. The quantitative estimate of drug-likeness (QED) is 0.664. The highest BCUT2D eigenvalue weighted by Gasteiger charge is 2.15. The highest BCUT2D eigenvalue weighted by atomic mass is 79.9. The Labute approximate surface area is 115 Å². The molecule has 0 bridgehead atoms. The first-order valence-corrected chi connectivity index (χ1v) is 6.31. The molecule has 0 radical (unpaired) electrons. The van der Waals surface area contributed by atoms with E-state index in [9.17, 15) is 4.79 Å². The van der Waals surface area contributed by atoms with Crippen LogP contribution >= 0.6 is 15.9 Å². The average Bonchev–Trinajstić information content (AvgIpc) is 2.28. The first kappa shape index (κ1) is 14.7. The summed E-state index contributed by atoms with van der Waals surface area (Å²) in [7, 11) is 0. The molecular weight excluding hydrogens is 294 g/mol. The van der Waals surface area contributed by atoms with Gasteiger partial charge in [-0.05, 0) is 48.8 Å². The zero-order valence-corrected chi connectivity index (χ0v) is 12.3. The van der Waals surface area contributed by atoms with Crippen LogP contribution < -0.4 is 11.1 Å². The first-order valence-electron chi connectivity index (χ1n) is 5.52. The second kappa shape index (κ2) is 5.51. The van der Waals surface area contributed by atoms with Crippen molar-refractivity contribution in [1.29, 1.82) is 5.26 Å². The summed E-state index contributed by atoms with van der Waals surface area (Å²) in [5, 5.41) is 12.0.